The summed E-state index contributed by atoms with van der Waals surface area (Å²) < 4.78 is 13.4. The lowest BCUT2D eigenvalue weighted by Gasteiger charge is -2.15. The van der Waals surface area contributed by atoms with Crippen LogP contribution in [0.3, 0.4) is 0 Å². The topological polar surface area (TPSA) is 73.6 Å². The number of fused-ring (bicyclic) bond motifs is 3. The van der Waals surface area contributed by atoms with E-state index in [1.165, 1.54) is 0 Å². The van der Waals surface area contributed by atoms with Crippen LogP contribution in [0.2, 0.25) is 0 Å². The van der Waals surface area contributed by atoms with Crippen molar-refractivity contribution in [3.63, 3.8) is 0 Å². The Hall–Kier alpha value is -3.35. The molecular weight excluding hydrogens is 354 g/mol. The third kappa shape index (κ3) is 3.19. The first-order valence-corrected chi connectivity index (χ1v) is 9.54. The molecule has 0 fully saturated rings. The Kier molecular flexibility index (Phi) is 4.97. The van der Waals surface area contributed by atoms with E-state index in [2.05, 4.69) is 22.4 Å². The Labute approximate surface area is 163 Å². The maximum Gasteiger partial charge on any atom is 0.215 e. The molecule has 2 aromatic carbocycles. The van der Waals surface area contributed by atoms with Crippen molar-refractivity contribution in [1.82, 2.24) is 19.6 Å². The highest BCUT2D eigenvalue weighted by molar-refractivity contribution is 5.92. The Morgan fingerprint density at radius 3 is 2.57 bits per heavy atom. The molecule has 0 saturated heterocycles. The second-order valence-electron chi connectivity index (χ2n) is 6.23. The van der Waals surface area contributed by atoms with Crippen molar-refractivity contribution in [3.05, 3.63) is 48.3 Å². The minimum absolute atomic E-state index is 0.566. The van der Waals surface area contributed by atoms with Gasteiger partial charge in [-0.1, -0.05) is 19.1 Å². The van der Waals surface area contributed by atoms with E-state index in [-0.39, 0.29) is 0 Å². The number of hydrogen-bond acceptors (Lipinski definition) is 6. The van der Waals surface area contributed by atoms with Gasteiger partial charge in [0.25, 0.3) is 0 Å². The molecule has 0 bridgehead atoms. The van der Waals surface area contributed by atoms with E-state index in [4.69, 9.17) is 14.5 Å². The molecule has 28 heavy (non-hydrogen) atoms. The molecule has 0 aliphatic rings. The highest BCUT2D eigenvalue weighted by atomic mass is 16.5. The normalized spacial score (nSPS) is 11.1. The summed E-state index contributed by atoms with van der Waals surface area (Å²) in [5, 5.41) is 13.1. The van der Waals surface area contributed by atoms with E-state index in [9.17, 15) is 0 Å². The fourth-order valence-corrected chi connectivity index (χ4v) is 3.22. The van der Waals surface area contributed by atoms with Gasteiger partial charge in [0.2, 0.25) is 5.95 Å². The lowest BCUT2D eigenvalue weighted by atomic mass is 10.2. The number of anilines is 2. The molecule has 0 saturated carbocycles. The van der Waals surface area contributed by atoms with Crippen LogP contribution in [0.1, 0.15) is 26.6 Å². The van der Waals surface area contributed by atoms with Gasteiger partial charge in [0, 0.05) is 17.9 Å². The fraction of sp³-hybridized carbons (Fsp3) is 0.286. The van der Waals surface area contributed by atoms with E-state index in [0.717, 1.165) is 46.0 Å². The van der Waals surface area contributed by atoms with Crippen LogP contribution in [-0.2, 0) is 6.42 Å². The van der Waals surface area contributed by atoms with Gasteiger partial charge in [0.05, 0.1) is 24.4 Å². The summed E-state index contributed by atoms with van der Waals surface area (Å²) in [5.74, 6) is 2.99. The van der Waals surface area contributed by atoms with Crippen LogP contribution < -0.4 is 14.8 Å². The average Bonchev–Trinajstić information content (AvgIpc) is 3.15. The number of nitrogens with zero attached hydrogens (tertiary/aromatic N) is 4. The first kappa shape index (κ1) is 18.0. The molecule has 0 aliphatic carbocycles. The van der Waals surface area contributed by atoms with Crippen LogP contribution in [-0.4, -0.2) is 32.8 Å². The van der Waals surface area contributed by atoms with Gasteiger partial charge >= 0.3 is 0 Å². The molecule has 7 heteroatoms. The third-order valence-corrected chi connectivity index (χ3v) is 4.44. The molecule has 7 nitrogen and oxygen atoms in total. The van der Waals surface area contributed by atoms with Gasteiger partial charge < -0.3 is 14.8 Å². The SMILES string of the molecule is CCOc1ccc(OCC)c(Nc2nc3ccccc3c3nnc(CC)n23)c1. The highest BCUT2D eigenvalue weighted by Crippen LogP contribution is 2.33. The summed E-state index contributed by atoms with van der Waals surface area (Å²) in [6.07, 6.45) is 0.743. The van der Waals surface area contributed by atoms with Gasteiger partial charge in [-0.2, -0.15) is 0 Å². The zero-order chi connectivity index (χ0) is 19.5. The van der Waals surface area contributed by atoms with Crippen molar-refractivity contribution in [3.8, 4) is 11.5 Å². The molecule has 4 aromatic rings. The van der Waals surface area contributed by atoms with Crippen molar-refractivity contribution in [1.29, 1.82) is 0 Å². The maximum atomic E-state index is 5.79. The number of nitrogens with one attached hydrogen (secondary N) is 1. The van der Waals surface area contributed by atoms with Gasteiger partial charge in [0.15, 0.2) is 5.65 Å². The lowest BCUT2D eigenvalue weighted by Crippen LogP contribution is -2.07. The second-order valence-corrected chi connectivity index (χ2v) is 6.23. The number of hydrogen-bond donors (Lipinski definition) is 1. The van der Waals surface area contributed by atoms with Crippen LogP contribution >= 0.6 is 0 Å². The molecule has 144 valence electrons. The second kappa shape index (κ2) is 7.72. The number of aromatic nitrogens is 4. The van der Waals surface area contributed by atoms with E-state index in [1.807, 2.05) is 60.7 Å². The highest BCUT2D eigenvalue weighted by Gasteiger charge is 2.16. The van der Waals surface area contributed by atoms with Gasteiger partial charge in [-0.05, 0) is 38.1 Å². The number of para-hydroxylation sites is 1. The van der Waals surface area contributed by atoms with E-state index < -0.39 is 0 Å². The molecular formula is C21H23N5O2. The van der Waals surface area contributed by atoms with Gasteiger partial charge in [-0.15, -0.1) is 10.2 Å². The largest absolute Gasteiger partial charge is 0.494 e. The minimum atomic E-state index is 0.566. The van der Waals surface area contributed by atoms with Crippen molar-refractivity contribution < 1.29 is 9.47 Å². The van der Waals surface area contributed by atoms with Crippen molar-refractivity contribution in [2.24, 2.45) is 0 Å². The number of rotatable bonds is 7. The van der Waals surface area contributed by atoms with Crippen LogP contribution in [0.4, 0.5) is 11.6 Å². The number of benzene rings is 2. The maximum absolute atomic E-state index is 5.79. The summed E-state index contributed by atoms with van der Waals surface area (Å²) in [5.41, 5.74) is 2.42. The lowest BCUT2D eigenvalue weighted by molar-refractivity contribution is 0.332. The third-order valence-electron chi connectivity index (χ3n) is 4.44. The molecule has 0 aliphatic heterocycles. The molecule has 2 heterocycles. The summed E-state index contributed by atoms with van der Waals surface area (Å²) in [6.45, 7) is 7.13. The molecule has 0 atom stereocenters. The van der Waals surface area contributed by atoms with Crippen LogP contribution in [0.5, 0.6) is 11.5 Å². The van der Waals surface area contributed by atoms with E-state index in [1.54, 1.807) is 0 Å². The monoisotopic (exact) mass is 377 g/mol. The van der Waals surface area contributed by atoms with Crippen molar-refractivity contribution >= 4 is 28.2 Å². The van der Waals surface area contributed by atoms with E-state index in [0.29, 0.717) is 19.2 Å². The summed E-state index contributed by atoms with van der Waals surface area (Å²) in [7, 11) is 0. The van der Waals surface area contributed by atoms with Crippen LogP contribution in [0, 0.1) is 0 Å². The van der Waals surface area contributed by atoms with Gasteiger partial charge in [0.1, 0.15) is 17.3 Å². The molecule has 0 amide bonds. The Bertz CT molecular complexity index is 1120. The van der Waals surface area contributed by atoms with Crippen LogP contribution in [0.25, 0.3) is 16.6 Å². The van der Waals surface area contributed by atoms with Crippen molar-refractivity contribution in [2.45, 2.75) is 27.2 Å². The molecule has 0 unspecified atom stereocenters. The van der Waals surface area contributed by atoms with Crippen LogP contribution in [0.15, 0.2) is 42.5 Å². The summed E-state index contributed by atoms with van der Waals surface area (Å²) >= 11 is 0. The summed E-state index contributed by atoms with van der Waals surface area (Å²) in [6, 6.07) is 13.7. The van der Waals surface area contributed by atoms with Gasteiger partial charge in [-0.25, -0.2) is 9.38 Å². The predicted octanol–water partition coefficient (Wildman–Crippen LogP) is 4.38. The predicted molar refractivity (Wildman–Crippen MR) is 110 cm³/mol. The van der Waals surface area contributed by atoms with Crippen molar-refractivity contribution in [2.75, 3.05) is 18.5 Å². The minimum Gasteiger partial charge on any atom is -0.494 e. The fourth-order valence-electron chi connectivity index (χ4n) is 3.22. The zero-order valence-electron chi connectivity index (χ0n) is 16.3. The Morgan fingerprint density at radius 1 is 0.964 bits per heavy atom. The Morgan fingerprint density at radius 2 is 1.79 bits per heavy atom. The molecule has 4 rings (SSSR count). The number of ether oxygens (including phenoxy) is 2. The zero-order valence-corrected chi connectivity index (χ0v) is 16.3. The molecule has 1 N–H and O–H groups in total. The molecule has 2 aromatic heterocycles. The van der Waals surface area contributed by atoms with E-state index >= 15 is 0 Å². The first-order valence-electron chi connectivity index (χ1n) is 9.54. The molecule has 0 spiro atoms. The molecule has 0 radical (unpaired) electrons. The Balaban J connectivity index is 1.89. The number of aryl methyl sites for hydroxylation is 1. The summed E-state index contributed by atoms with van der Waals surface area (Å²) in [4.78, 5) is 4.83. The van der Waals surface area contributed by atoms with Gasteiger partial charge in [-0.3, -0.25) is 0 Å². The standard InChI is InChI=1S/C21H23N5O2/c1-4-19-24-25-20-15-9-7-8-10-16(15)22-21(26(19)20)23-17-13-14(27-5-2)11-12-18(17)28-6-3/h7-13H,4-6H2,1-3H3,(H,22,23). The quantitative estimate of drug-likeness (QED) is 0.515. The first-order chi connectivity index (χ1) is 13.7. The smallest absolute Gasteiger partial charge is 0.215 e. The average molecular weight is 377 g/mol.